The fourth-order valence-corrected chi connectivity index (χ4v) is 3.33. The molecule has 0 saturated heterocycles. The van der Waals surface area contributed by atoms with Crippen LogP contribution in [-0.2, 0) is 0 Å². The van der Waals surface area contributed by atoms with E-state index in [9.17, 15) is 57.1 Å². The zero-order valence-electron chi connectivity index (χ0n) is 12.0. The van der Waals surface area contributed by atoms with Gasteiger partial charge in [0.1, 0.15) is 0 Å². The SMILES string of the molecule is FC(F)(F)C(F)(F)C(F)(F)C(F)(F)C(F)(F)C(F)(F)[Se]c1ccc(Cl)cc1. The van der Waals surface area contributed by atoms with Gasteiger partial charge in [0.2, 0.25) is 0 Å². The van der Waals surface area contributed by atoms with Crippen molar-refractivity contribution in [1.82, 2.24) is 0 Å². The summed E-state index contributed by atoms with van der Waals surface area (Å²) in [4.78, 5) is -6.07. The Bertz CT molecular complexity index is 665. The van der Waals surface area contributed by atoms with Crippen molar-refractivity contribution in [3.05, 3.63) is 29.3 Å². The molecule has 0 fully saturated rings. The summed E-state index contributed by atoms with van der Waals surface area (Å²) in [5, 5.41) is -0.105. The van der Waals surface area contributed by atoms with Gasteiger partial charge in [-0.2, -0.15) is 0 Å². The summed E-state index contributed by atoms with van der Waals surface area (Å²) in [5.74, 6) is -30.6. The molecule has 0 aromatic heterocycles. The van der Waals surface area contributed by atoms with Crippen LogP contribution in [-0.4, -0.2) is 49.6 Å². The average molecular weight is 510 g/mol. The number of benzene rings is 1. The number of hydrogen-bond acceptors (Lipinski definition) is 0. The Labute approximate surface area is 152 Å². The number of hydrogen-bond donors (Lipinski definition) is 0. The summed E-state index contributed by atoms with van der Waals surface area (Å²) in [7, 11) is 0. The predicted octanol–water partition coefficient (Wildman–Crippen LogP) is 5.37. The molecule has 0 aliphatic heterocycles. The molecular weight excluding hydrogens is 506 g/mol. The van der Waals surface area contributed by atoms with Gasteiger partial charge in [-0.3, -0.25) is 0 Å². The second kappa shape index (κ2) is 6.87. The summed E-state index contributed by atoms with van der Waals surface area (Å²) in [6.45, 7) is 0. The van der Waals surface area contributed by atoms with Gasteiger partial charge in [0.15, 0.2) is 0 Å². The van der Waals surface area contributed by atoms with Crippen molar-refractivity contribution in [3.63, 3.8) is 0 Å². The van der Waals surface area contributed by atoms with Crippen molar-refractivity contribution >= 4 is 31.0 Å². The maximum absolute atomic E-state index is 13.6. The van der Waals surface area contributed by atoms with E-state index in [1.165, 1.54) is 0 Å². The Morgan fingerprint density at radius 1 is 0.556 bits per heavy atom. The number of alkyl halides is 13. The first-order valence-corrected chi connectivity index (χ1v) is 8.22. The average Bonchev–Trinajstić information content (AvgIpc) is 2.47. The van der Waals surface area contributed by atoms with Crippen molar-refractivity contribution in [2.75, 3.05) is 0 Å². The summed E-state index contributed by atoms with van der Waals surface area (Å²) in [6.07, 6.45) is -7.41. The van der Waals surface area contributed by atoms with E-state index in [4.69, 9.17) is 11.6 Å². The molecule has 0 radical (unpaired) electrons. The van der Waals surface area contributed by atoms with E-state index in [1.54, 1.807) is 0 Å². The first-order valence-electron chi connectivity index (χ1n) is 6.13. The van der Waals surface area contributed by atoms with E-state index >= 15 is 0 Å². The van der Waals surface area contributed by atoms with Crippen molar-refractivity contribution < 1.29 is 57.1 Å². The topological polar surface area (TPSA) is 0 Å². The van der Waals surface area contributed by atoms with Crippen LogP contribution in [0.2, 0.25) is 5.02 Å². The number of halogens is 14. The molecule has 0 unspecified atom stereocenters. The van der Waals surface area contributed by atoms with E-state index in [1.807, 2.05) is 0 Å². The zero-order chi connectivity index (χ0) is 21.7. The Balaban J connectivity index is 3.38. The van der Waals surface area contributed by atoms with E-state index in [0.29, 0.717) is 12.1 Å². The maximum atomic E-state index is 13.6. The molecule has 0 aliphatic carbocycles. The Kier molecular flexibility index (Phi) is 6.15. The molecule has 0 spiro atoms. The van der Waals surface area contributed by atoms with Gasteiger partial charge in [0, 0.05) is 0 Å². The van der Waals surface area contributed by atoms with Crippen LogP contribution in [0.25, 0.3) is 0 Å². The Hall–Kier alpha value is -0.881. The van der Waals surface area contributed by atoms with Gasteiger partial charge in [-0.1, -0.05) is 0 Å². The normalized spacial score (nSPS) is 15.2. The van der Waals surface area contributed by atoms with E-state index in [0.717, 1.165) is 12.1 Å². The van der Waals surface area contributed by atoms with Crippen LogP contribution in [0.15, 0.2) is 24.3 Å². The van der Waals surface area contributed by atoms with Crippen LogP contribution in [0.5, 0.6) is 0 Å². The van der Waals surface area contributed by atoms with Crippen LogP contribution < -0.4 is 4.46 Å². The van der Waals surface area contributed by atoms with Crippen molar-refractivity contribution in [2.24, 2.45) is 0 Å². The first-order chi connectivity index (χ1) is 11.7. The molecule has 0 amide bonds. The molecule has 1 rings (SSSR count). The van der Waals surface area contributed by atoms with Crippen LogP contribution in [0.1, 0.15) is 0 Å². The quantitative estimate of drug-likeness (QED) is 0.358. The fourth-order valence-electron chi connectivity index (χ4n) is 1.47. The summed E-state index contributed by atoms with van der Waals surface area (Å²) in [6, 6.07) is 2.95. The zero-order valence-corrected chi connectivity index (χ0v) is 14.5. The van der Waals surface area contributed by atoms with E-state index in [-0.39, 0.29) is 5.02 Å². The van der Waals surface area contributed by atoms with Gasteiger partial charge in [-0.05, 0) is 0 Å². The molecule has 156 valence electrons. The Morgan fingerprint density at radius 2 is 0.926 bits per heavy atom. The van der Waals surface area contributed by atoms with Gasteiger partial charge in [0.05, 0.1) is 0 Å². The molecule has 0 nitrogen and oxygen atoms in total. The predicted molar refractivity (Wildman–Crippen MR) is 67.6 cm³/mol. The van der Waals surface area contributed by atoms with Gasteiger partial charge < -0.3 is 0 Å². The molecule has 0 saturated carbocycles. The molecule has 0 atom stereocenters. The molecule has 15 heteroatoms. The van der Waals surface area contributed by atoms with Gasteiger partial charge in [-0.15, -0.1) is 0 Å². The molecule has 0 aliphatic rings. The first kappa shape index (κ1) is 24.2. The third-order valence-electron chi connectivity index (χ3n) is 2.96. The molecule has 27 heavy (non-hydrogen) atoms. The molecular formula is C12H4ClF13Se. The minimum absolute atomic E-state index is 0.105. The van der Waals surface area contributed by atoms with Gasteiger partial charge in [0.25, 0.3) is 0 Å². The number of rotatable bonds is 6. The van der Waals surface area contributed by atoms with Crippen molar-refractivity contribution in [3.8, 4) is 0 Å². The summed E-state index contributed by atoms with van der Waals surface area (Å²) in [5.41, 5.74) is 0. The van der Waals surface area contributed by atoms with Crippen LogP contribution in [0.3, 0.4) is 0 Å². The van der Waals surface area contributed by atoms with Gasteiger partial charge in [-0.25, -0.2) is 0 Å². The van der Waals surface area contributed by atoms with E-state index in [2.05, 4.69) is 0 Å². The van der Waals surface area contributed by atoms with Crippen molar-refractivity contribution in [1.29, 1.82) is 0 Å². The Morgan fingerprint density at radius 3 is 1.30 bits per heavy atom. The summed E-state index contributed by atoms with van der Waals surface area (Å²) < 4.78 is 167. The third-order valence-corrected chi connectivity index (χ3v) is 5.36. The van der Waals surface area contributed by atoms with E-state index < -0.39 is 54.1 Å². The second-order valence-corrected chi connectivity index (χ2v) is 7.80. The molecule has 0 heterocycles. The second-order valence-electron chi connectivity index (χ2n) is 4.87. The van der Waals surface area contributed by atoms with Gasteiger partial charge >= 0.3 is 152 Å². The summed E-state index contributed by atoms with van der Waals surface area (Å²) >= 11 is 2.30. The van der Waals surface area contributed by atoms with Crippen LogP contribution >= 0.6 is 11.6 Å². The standard InChI is InChI=1S/C12H4ClF13Se/c13-5-1-3-6(4-2-5)27-12(25,26)10(20,21)8(16,17)7(14,15)9(18,19)11(22,23)24/h1-4H. The van der Waals surface area contributed by atoms with Crippen molar-refractivity contribution in [2.45, 2.75) is 34.7 Å². The molecule has 0 bridgehead atoms. The van der Waals surface area contributed by atoms with Crippen LogP contribution in [0, 0.1) is 0 Å². The third kappa shape index (κ3) is 3.84. The fraction of sp³-hybridized carbons (Fsp3) is 0.500. The minimum atomic E-state index is -7.87. The molecule has 1 aromatic carbocycles. The monoisotopic (exact) mass is 510 g/mol. The molecule has 1 aromatic rings. The van der Waals surface area contributed by atoms with Crippen LogP contribution in [0.4, 0.5) is 57.1 Å². The molecule has 0 N–H and O–H groups in total.